The third-order valence-corrected chi connectivity index (χ3v) is 4.48. The number of benzene rings is 2. The number of carbonyl (C=O) groups excluding carboxylic acids is 2. The summed E-state index contributed by atoms with van der Waals surface area (Å²) in [6, 6.07) is 16.9. The average molecular weight is 422 g/mol. The predicted octanol–water partition coefficient (Wildman–Crippen LogP) is 2.96. The summed E-state index contributed by atoms with van der Waals surface area (Å²) in [4.78, 5) is 28.1. The van der Waals surface area contributed by atoms with Gasteiger partial charge in [-0.15, -0.1) is 0 Å². The van der Waals surface area contributed by atoms with E-state index in [-0.39, 0.29) is 36.9 Å². The fourth-order valence-corrected chi connectivity index (χ4v) is 2.72. The van der Waals surface area contributed by atoms with Gasteiger partial charge in [0.2, 0.25) is 5.82 Å². The van der Waals surface area contributed by atoms with Crippen molar-refractivity contribution in [1.82, 2.24) is 20.8 Å². The summed E-state index contributed by atoms with van der Waals surface area (Å²) >= 11 is 0. The molecule has 2 amide bonds. The van der Waals surface area contributed by atoms with E-state index in [2.05, 4.69) is 41.5 Å². The lowest BCUT2D eigenvalue weighted by Gasteiger charge is -2.18. The lowest BCUT2D eigenvalue weighted by molar-refractivity contribution is -0.123. The minimum absolute atomic E-state index is 0.0456. The molecule has 0 atom stereocenters. The van der Waals surface area contributed by atoms with Crippen LogP contribution in [-0.2, 0) is 10.2 Å². The van der Waals surface area contributed by atoms with Crippen molar-refractivity contribution in [2.45, 2.75) is 26.2 Å². The van der Waals surface area contributed by atoms with Crippen molar-refractivity contribution in [3.63, 3.8) is 0 Å². The number of para-hydroxylation sites is 1. The molecule has 8 nitrogen and oxygen atoms in total. The van der Waals surface area contributed by atoms with Crippen molar-refractivity contribution >= 4 is 11.8 Å². The van der Waals surface area contributed by atoms with Crippen LogP contribution >= 0.6 is 0 Å². The van der Waals surface area contributed by atoms with Crippen molar-refractivity contribution < 1.29 is 18.8 Å². The van der Waals surface area contributed by atoms with Gasteiger partial charge < -0.3 is 19.9 Å². The molecule has 8 heteroatoms. The monoisotopic (exact) mass is 422 g/mol. The number of nitrogens with one attached hydrogen (secondary N) is 2. The zero-order chi connectivity index (χ0) is 22.3. The van der Waals surface area contributed by atoms with Gasteiger partial charge in [-0.2, -0.15) is 4.98 Å². The Balaban J connectivity index is 1.42. The smallest absolute Gasteiger partial charge is 0.316 e. The van der Waals surface area contributed by atoms with Crippen LogP contribution in [-0.4, -0.2) is 41.7 Å². The van der Waals surface area contributed by atoms with Gasteiger partial charge in [-0.1, -0.05) is 68.4 Å². The first kappa shape index (κ1) is 22.0. The third kappa shape index (κ3) is 6.40. The van der Waals surface area contributed by atoms with Crippen LogP contribution in [0, 0.1) is 0 Å². The minimum atomic E-state index is -0.500. The van der Waals surface area contributed by atoms with E-state index in [1.807, 2.05) is 42.5 Å². The molecule has 0 aliphatic carbocycles. The summed E-state index contributed by atoms with van der Waals surface area (Å²) in [7, 11) is 0. The molecule has 0 aliphatic rings. The van der Waals surface area contributed by atoms with E-state index >= 15 is 0 Å². The summed E-state index contributed by atoms with van der Waals surface area (Å²) in [5, 5.41) is 9.17. The fourth-order valence-electron chi connectivity index (χ4n) is 2.72. The number of hydrogen-bond acceptors (Lipinski definition) is 6. The zero-order valence-electron chi connectivity index (χ0n) is 17.8. The van der Waals surface area contributed by atoms with Gasteiger partial charge in [-0.05, 0) is 23.1 Å². The number of ether oxygens (including phenoxy) is 1. The maximum absolute atomic E-state index is 12.2. The summed E-state index contributed by atoms with van der Waals surface area (Å²) in [5.41, 5.74) is 2.00. The van der Waals surface area contributed by atoms with Crippen molar-refractivity contribution in [3.05, 3.63) is 66.1 Å². The van der Waals surface area contributed by atoms with Gasteiger partial charge in [0.05, 0.1) is 0 Å². The van der Waals surface area contributed by atoms with Crippen molar-refractivity contribution in [3.8, 4) is 17.1 Å². The Morgan fingerprint density at radius 2 is 1.65 bits per heavy atom. The van der Waals surface area contributed by atoms with Gasteiger partial charge in [0.25, 0.3) is 5.91 Å². The standard InChI is InChI=1S/C23H26N4O4/c1-23(2,3)17-11-9-16(10-12-17)20-26-22(31-27-20)21(29)25-14-13-24-19(28)15-30-18-7-5-4-6-8-18/h4-12H,13-15H2,1-3H3,(H,24,28)(H,25,29). The molecule has 3 aromatic rings. The highest BCUT2D eigenvalue weighted by Crippen LogP contribution is 2.24. The maximum Gasteiger partial charge on any atom is 0.316 e. The van der Waals surface area contributed by atoms with E-state index in [0.29, 0.717) is 11.6 Å². The van der Waals surface area contributed by atoms with Crippen LogP contribution in [0.4, 0.5) is 0 Å². The Labute approximate surface area is 181 Å². The van der Waals surface area contributed by atoms with Crippen LogP contribution in [0.1, 0.15) is 37.0 Å². The highest BCUT2D eigenvalue weighted by Gasteiger charge is 2.17. The number of nitrogens with zero attached hydrogens (tertiary/aromatic N) is 2. The quantitative estimate of drug-likeness (QED) is 0.541. The molecule has 1 aromatic heterocycles. The van der Waals surface area contributed by atoms with Gasteiger partial charge in [-0.25, -0.2) is 0 Å². The molecule has 0 radical (unpaired) electrons. The fraction of sp³-hybridized carbons (Fsp3) is 0.304. The molecule has 162 valence electrons. The maximum atomic E-state index is 12.2. The largest absolute Gasteiger partial charge is 0.484 e. The Bertz CT molecular complexity index is 1010. The molecule has 0 bridgehead atoms. The number of rotatable bonds is 8. The molecule has 2 aromatic carbocycles. The van der Waals surface area contributed by atoms with E-state index in [4.69, 9.17) is 9.26 Å². The Hall–Kier alpha value is -3.68. The predicted molar refractivity (Wildman–Crippen MR) is 116 cm³/mol. The molecule has 31 heavy (non-hydrogen) atoms. The highest BCUT2D eigenvalue weighted by atomic mass is 16.5. The van der Waals surface area contributed by atoms with Gasteiger partial charge in [0.1, 0.15) is 5.75 Å². The average Bonchev–Trinajstić information content (AvgIpc) is 3.26. The van der Waals surface area contributed by atoms with E-state index < -0.39 is 5.91 Å². The molecule has 0 unspecified atom stereocenters. The van der Waals surface area contributed by atoms with E-state index in [1.54, 1.807) is 12.1 Å². The van der Waals surface area contributed by atoms with Gasteiger partial charge in [0.15, 0.2) is 6.61 Å². The van der Waals surface area contributed by atoms with Gasteiger partial charge in [-0.3, -0.25) is 9.59 Å². The Morgan fingerprint density at radius 3 is 2.32 bits per heavy atom. The van der Waals surface area contributed by atoms with Crippen LogP contribution in [0.5, 0.6) is 5.75 Å². The molecule has 0 spiro atoms. The molecular formula is C23H26N4O4. The second-order valence-electron chi connectivity index (χ2n) is 7.96. The van der Waals surface area contributed by atoms with Crippen LogP contribution in [0.25, 0.3) is 11.4 Å². The molecule has 0 saturated heterocycles. The number of hydrogen-bond donors (Lipinski definition) is 2. The Morgan fingerprint density at radius 1 is 0.968 bits per heavy atom. The first-order valence-corrected chi connectivity index (χ1v) is 10.0. The van der Waals surface area contributed by atoms with Crippen molar-refractivity contribution in [2.24, 2.45) is 0 Å². The molecule has 0 saturated carbocycles. The minimum Gasteiger partial charge on any atom is -0.484 e. The van der Waals surface area contributed by atoms with E-state index in [1.165, 1.54) is 5.56 Å². The van der Waals surface area contributed by atoms with Crippen LogP contribution in [0.2, 0.25) is 0 Å². The second-order valence-corrected chi connectivity index (χ2v) is 7.96. The highest BCUT2D eigenvalue weighted by molar-refractivity contribution is 5.89. The lowest BCUT2D eigenvalue weighted by Crippen LogP contribution is -2.36. The first-order valence-electron chi connectivity index (χ1n) is 10.0. The molecule has 0 fully saturated rings. The Kier molecular flexibility index (Phi) is 7.02. The summed E-state index contributed by atoms with van der Waals surface area (Å²) in [6.45, 7) is 6.78. The van der Waals surface area contributed by atoms with Gasteiger partial charge >= 0.3 is 11.8 Å². The number of carbonyl (C=O) groups is 2. The topological polar surface area (TPSA) is 106 Å². The third-order valence-electron chi connectivity index (χ3n) is 4.48. The molecular weight excluding hydrogens is 396 g/mol. The van der Waals surface area contributed by atoms with Crippen molar-refractivity contribution in [2.75, 3.05) is 19.7 Å². The van der Waals surface area contributed by atoms with Crippen LogP contribution < -0.4 is 15.4 Å². The normalized spacial score (nSPS) is 11.1. The molecule has 3 rings (SSSR count). The summed E-state index contributed by atoms with van der Waals surface area (Å²) < 4.78 is 10.4. The van der Waals surface area contributed by atoms with E-state index in [9.17, 15) is 9.59 Å². The molecule has 0 aliphatic heterocycles. The van der Waals surface area contributed by atoms with E-state index in [0.717, 1.165) is 5.56 Å². The molecule has 2 N–H and O–H groups in total. The van der Waals surface area contributed by atoms with Crippen LogP contribution in [0.3, 0.4) is 0 Å². The van der Waals surface area contributed by atoms with Crippen LogP contribution in [0.15, 0.2) is 59.1 Å². The van der Waals surface area contributed by atoms with Gasteiger partial charge in [0, 0.05) is 18.7 Å². The SMILES string of the molecule is CC(C)(C)c1ccc(-c2noc(C(=O)NCCNC(=O)COc3ccccc3)n2)cc1. The van der Waals surface area contributed by atoms with Crippen molar-refractivity contribution in [1.29, 1.82) is 0 Å². The first-order chi connectivity index (χ1) is 14.8. The number of aromatic nitrogens is 2. The summed E-state index contributed by atoms with van der Waals surface area (Å²) in [5.74, 6) is 0.0496. The second kappa shape index (κ2) is 9.88. The zero-order valence-corrected chi connectivity index (χ0v) is 17.8. The lowest BCUT2D eigenvalue weighted by atomic mass is 9.87. The summed E-state index contributed by atoms with van der Waals surface area (Å²) in [6.07, 6.45) is 0. The number of amides is 2. The molecule has 1 heterocycles.